The molecule has 1 saturated heterocycles. The van der Waals surface area contributed by atoms with Gasteiger partial charge in [-0.2, -0.15) is 0 Å². The Kier molecular flexibility index (Phi) is 3.13. The molecule has 0 radical (unpaired) electrons. The van der Waals surface area contributed by atoms with Crippen molar-refractivity contribution < 1.29 is 4.74 Å². The van der Waals surface area contributed by atoms with E-state index >= 15 is 0 Å². The van der Waals surface area contributed by atoms with Crippen LogP contribution in [0, 0.1) is 17.3 Å². The molecule has 2 fully saturated rings. The molecule has 0 spiro atoms. The Morgan fingerprint density at radius 3 is 2.50 bits per heavy atom. The second-order valence-electron chi connectivity index (χ2n) is 5.33. The summed E-state index contributed by atoms with van der Waals surface area (Å²) in [5, 5.41) is 0. The van der Waals surface area contributed by atoms with Crippen molar-refractivity contribution in [2.24, 2.45) is 23.0 Å². The molecule has 2 nitrogen and oxygen atoms in total. The first-order chi connectivity index (χ1) is 6.77. The summed E-state index contributed by atoms with van der Waals surface area (Å²) in [6, 6.07) is 0. The van der Waals surface area contributed by atoms with Crippen LogP contribution >= 0.6 is 0 Å². The quantitative estimate of drug-likeness (QED) is 0.736. The Morgan fingerprint density at radius 2 is 2.00 bits per heavy atom. The van der Waals surface area contributed by atoms with Crippen LogP contribution in [-0.4, -0.2) is 19.8 Å². The van der Waals surface area contributed by atoms with Crippen molar-refractivity contribution >= 4 is 0 Å². The van der Waals surface area contributed by atoms with Crippen LogP contribution in [0.3, 0.4) is 0 Å². The predicted molar refractivity (Wildman–Crippen MR) is 58.0 cm³/mol. The molecule has 1 atom stereocenters. The first-order valence-electron chi connectivity index (χ1n) is 6.05. The zero-order valence-electron chi connectivity index (χ0n) is 9.30. The summed E-state index contributed by atoms with van der Waals surface area (Å²) >= 11 is 0. The smallest absolute Gasteiger partial charge is 0.0538 e. The van der Waals surface area contributed by atoms with Crippen molar-refractivity contribution in [3.8, 4) is 0 Å². The van der Waals surface area contributed by atoms with E-state index in [9.17, 15) is 0 Å². The maximum Gasteiger partial charge on any atom is 0.0538 e. The molecule has 14 heavy (non-hydrogen) atoms. The normalized spacial score (nSPS) is 44.1. The van der Waals surface area contributed by atoms with Gasteiger partial charge in [0.15, 0.2) is 0 Å². The number of ether oxygens (including phenoxy) is 1. The van der Waals surface area contributed by atoms with E-state index in [4.69, 9.17) is 10.5 Å². The van der Waals surface area contributed by atoms with Gasteiger partial charge >= 0.3 is 0 Å². The fourth-order valence-corrected chi connectivity index (χ4v) is 3.15. The molecule has 2 aliphatic rings. The van der Waals surface area contributed by atoms with Crippen LogP contribution in [0.2, 0.25) is 0 Å². The van der Waals surface area contributed by atoms with Crippen LogP contribution in [0.25, 0.3) is 0 Å². The van der Waals surface area contributed by atoms with Gasteiger partial charge in [-0.3, -0.25) is 0 Å². The lowest BCUT2D eigenvalue weighted by molar-refractivity contribution is 0.0805. The Labute approximate surface area is 87.2 Å². The molecule has 1 aliphatic carbocycles. The lowest BCUT2D eigenvalue weighted by Gasteiger charge is -2.39. The SMILES string of the molecule is CC1CCC(C2(CN)CCOC2)CC1. The highest BCUT2D eigenvalue weighted by Gasteiger charge is 2.41. The highest BCUT2D eigenvalue weighted by molar-refractivity contribution is 4.92. The summed E-state index contributed by atoms with van der Waals surface area (Å²) in [6.45, 7) is 5.05. The fraction of sp³-hybridized carbons (Fsp3) is 1.00. The molecule has 0 aromatic heterocycles. The summed E-state index contributed by atoms with van der Waals surface area (Å²) < 4.78 is 5.55. The molecule has 2 N–H and O–H groups in total. The van der Waals surface area contributed by atoms with Crippen LogP contribution in [-0.2, 0) is 4.74 Å². The lowest BCUT2D eigenvalue weighted by atomic mass is 9.66. The van der Waals surface area contributed by atoms with Crippen LogP contribution in [0.5, 0.6) is 0 Å². The zero-order valence-corrected chi connectivity index (χ0v) is 9.30. The van der Waals surface area contributed by atoms with E-state index in [1.165, 1.54) is 32.1 Å². The van der Waals surface area contributed by atoms with Crippen molar-refractivity contribution in [3.63, 3.8) is 0 Å². The third-order valence-electron chi connectivity index (χ3n) is 4.42. The average Bonchev–Trinajstić information content (AvgIpc) is 2.68. The van der Waals surface area contributed by atoms with E-state index in [1.807, 2.05) is 0 Å². The van der Waals surface area contributed by atoms with Crippen molar-refractivity contribution in [1.29, 1.82) is 0 Å². The molecule has 0 bridgehead atoms. The van der Waals surface area contributed by atoms with Gasteiger partial charge in [0, 0.05) is 18.6 Å². The molecule has 0 aromatic rings. The first-order valence-corrected chi connectivity index (χ1v) is 6.05. The molecule has 2 rings (SSSR count). The standard InChI is InChI=1S/C12H23NO/c1-10-2-4-11(5-3-10)12(8-13)6-7-14-9-12/h10-11H,2-9,13H2,1H3. The molecule has 1 heterocycles. The van der Waals surface area contributed by atoms with E-state index in [0.717, 1.165) is 31.6 Å². The minimum absolute atomic E-state index is 0.347. The van der Waals surface area contributed by atoms with Crippen molar-refractivity contribution in [2.75, 3.05) is 19.8 Å². The summed E-state index contributed by atoms with van der Waals surface area (Å²) in [5.41, 5.74) is 6.30. The van der Waals surface area contributed by atoms with Crippen molar-refractivity contribution in [1.82, 2.24) is 0 Å². The topological polar surface area (TPSA) is 35.2 Å². The third-order valence-corrected chi connectivity index (χ3v) is 4.42. The summed E-state index contributed by atoms with van der Waals surface area (Å²) in [7, 11) is 0. The molecule has 0 amide bonds. The van der Waals surface area contributed by atoms with Gasteiger partial charge in [0.25, 0.3) is 0 Å². The minimum atomic E-state index is 0.347. The van der Waals surface area contributed by atoms with Gasteiger partial charge < -0.3 is 10.5 Å². The molecule has 1 saturated carbocycles. The summed E-state index contributed by atoms with van der Waals surface area (Å²) in [4.78, 5) is 0. The van der Waals surface area contributed by atoms with Crippen molar-refractivity contribution in [2.45, 2.75) is 39.0 Å². The maximum absolute atomic E-state index is 5.95. The number of hydrogen-bond donors (Lipinski definition) is 1. The van der Waals surface area contributed by atoms with Gasteiger partial charge in [-0.25, -0.2) is 0 Å². The summed E-state index contributed by atoms with van der Waals surface area (Å²) in [5.74, 6) is 1.77. The molecular weight excluding hydrogens is 174 g/mol. The first kappa shape index (κ1) is 10.4. The van der Waals surface area contributed by atoms with Gasteiger partial charge in [0.2, 0.25) is 0 Å². The zero-order chi connectivity index (χ0) is 10.0. The van der Waals surface area contributed by atoms with E-state index in [1.54, 1.807) is 0 Å². The number of nitrogens with two attached hydrogens (primary N) is 1. The summed E-state index contributed by atoms with van der Waals surface area (Å²) in [6.07, 6.45) is 6.74. The van der Waals surface area contributed by atoms with Gasteiger partial charge in [-0.15, -0.1) is 0 Å². The van der Waals surface area contributed by atoms with Gasteiger partial charge in [-0.1, -0.05) is 19.8 Å². The van der Waals surface area contributed by atoms with Crippen LogP contribution < -0.4 is 5.73 Å². The highest BCUT2D eigenvalue weighted by Crippen LogP contribution is 2.44. The lowest BCUT2D eigenvalue weighted by Crippen LogP contribution is -2.40. The van der Waals surface area contributed by atoms with E-state index < -0.39 is 0 Å². The molecular formula is C12H23NO. The Bertz CT molecular complexity index is 179. The molecule has 2 heteroatoms. The van der Waals surface area contributed by atoms with Crippen LogP contribution in [0.4, 0.5) is 0 Å². The average molecular weight is 197 g/mol. The Hall–Kier alpha value is -0.0800. The second kappa shape index (κ2) is 4.19. The van der Waals surface area contributed by atoms with Gasteiger partial charge in [-0.05, 0) is 31.1 Å². The molecule has 0 aromatic carbocycles. The highest BCUT2D eigenvalue weighted by atomic mass is 16.5. The van der Waals surface area contributed by atoms with Gasteiger partial charge in [0.05, 0.1) is 6.61 Å². The molecule has 1 unspecified atom stereocenters. The van der Waals surface area contributed by atoms with Crippen molar-refractivity contribution in [3.05, 3.63) is 0 Å². The minimum Gasteiger partial charge on any atom is -0.381 e. The maximum atomic E-state index is 5.95. The van der Waals surface area contributed by atoms with Crippen LogP contribution in [0.1, 0.15) is 39.0 Å². The van der Waals surface area contributed by atoms with E-state index in [-0.39, 0.29) is 0 Å². The Balaban J connectivity index is 1.98. The number of rotatable bonds is 2. The fourth-order valence-electron chi connectivity index (χ4n) is 3.15. The number of hydrogen-bond acceptors (Lipinski definition) is 2. The largest absolute Gasteiger partial charge is 0.381 e. The predicted octanol–water partition coefficient (Wildman–Crippen LogP) is 2.18. The second-order valence-corrected chi connectivity index (χ2v) is 5.33. The Morgan fingerprint density at radius 1 is 1.29 bits per heavy atom. The monoisotopic (exact) mass is 197 g/mol. The van der Waals surface area contributed by atoms with Crippen LogP contribution in [0.15, 0.2) is 0 Å². The van der Waals surface area contributed by atoms with Gasteiger partial charge in [0.1, 0.15) is 0 Å². The van der Waals surface area contributed by atoms with E-state index in [2.05, 4.69) is 6.92 Å². The molecule has 1 aliphatic heterocycles. The third kappa shape index (κ3) is 1.82. The van der Waals surface area contributed by atoms with E-state index in [0.29, 0.717) is 5.41 Å². The molecule has 82 valence electrons.